The van der Waals surface area contributed by atoms with Crippen LogP contribution in [0.2, 0.25) is 0 Å². The van der Waals surface area contributed by atoms with E-state index in [-0.39, 0.29) is 0 Å². The molecule has 1 fully saturated rings. The lowest BCUT2D eigenvalue weighted by atomic mass is 9.82. The van der Waals surface area contributed by atoms with E-state index < -0.39 is 0 Å². The van der Waals surface area contributed by atoms with Gasteiger partial charge in [0.25, 0.3) is 0 Å². The van der Waals surface area contributed by atoms with Gasteiger partial charge in [-0.1, -0.05) is 19.8 Å². The van der Waals surface area contributed by atoms with Crippen molar-refractivity contribution in [3.05, 3.63) is 5.82 Å². The standard InChI is InChI=1S/C13H24N4/c1-4-14-13-16-15-12(17(13)5-2)11-8-6-10(3)7-9-11/h10-11H,4-9H2,1-3H3,(H,14,16). The summed E-state index contributed by atoms with van der Waals surface area (Å²) < 4.78 is 2.24. The molecule has 4 heteroatoms. The zero-order chi connectivity index (χ0) is 12.3. The zero-order valence-corrected chi connectivity index (χ0v) is 11.2. The van der Waals surface area contributed by atoms with Gasteiger partial charge < -0.3 is 5.32 Å². The molecule has 1 aliphatic carbocycles. The Labute approximate surface area is 104 Å². The summed E-state index contributed by atoms with van der Waals surface area (Å²) in [5.74, 6) is 3.63. The maximum absolute atomic E-state index is 4.40. The highest BCUT2D eigenvalue weighted by Gasteiger charge is 2.24. The molecule has 0 radical (unpaired) electrons. The first kappa shape index (κ1) is 12.4. The predicted molar refractivity (Wildman–Crippen MR) is 70.2 cm³/mol. The first-order chi connectivity index (χ1) is 8.26. The molecule has 0 unspecified atom stereocenters. The molecule has 0 amide bonds. The monoisotopic (exact) mass is 236 g/mol. The van der Waals surface area contributed by atoms with Crippen molar-refractivity contribution in [2.45, 2.75) is 58.9 Å². The van der Waals surface area contributed by atoms with Crippen LogP contribution in [0.1, 0.15) is 58.2 Å². The summed E-state index contributed by atoms with van der Waals surface area (Å²) in [4.78, 5) is 0. The second-order valence-electron chi connectivity index (χ2n) is 5.11. The summed E-state index contributed by atoms with van der Waals surface area (Å²) >= 11 is 0. The molecule has 0 atom stereocenters. The number of hydrogen-bond donors (Lipinski definition) is 1. The minimum absolute atomic E-state index is 0.617. The molecule has 1 saturated carbocycles. The van der Waals surface area contributed by atoms with Gasteiger partial charge in [-0.15, -0.1) is 10.2 Å². The number of rotatable bonds is 4. The maximum Gasteiger partial charge on any atom is 0.224 e. The van der Waals surface area contributed by atoms with Gasteiger partial charge in [0, 0.05) is 19.0 Å². The minimum Gasteiger partial charge on any atom is -0.355 e. The number of hydrogen-bond acceptors (Lipinski definition) is 3. The number of anilines is 1. The maximum atomic E-state index is 4.40. The van der Waals surface area contributed by atoms with Crippen LogP contribution in [0.3, 0.4) is 0 Å². The molecule has 0 spiro atoms. The van der Waals surface area contributed by atoms with E-state index in [0.717, 1.165) is 25.0 Å². The van der Waals surface area contributed by atoms with Crippen LogP contribution in [0.5, 0.6) is 0 Å². The Morgan fingerprint density at radius 2 is 1.88 bits per heavy atom. The molecular formula is C13H24N4. The highest BCUT2D eigenvalue weighted by Crippen LogP contribution is 2.35. The van der Waals surface area contributed by atoms with E-state index in [9.17, 15) is 0 Å². The van der Waals surface area contributed by atoms with Crippen LogP contribution >= 0.6 is 0 Å². The summed E-state index contributed by atoms with van der Waals surface area (Å²) in [6, 6.07) is 0. The molecule has 2 rings (SSSR count). The molecule has 1 aromatic rings. The first-order valence-electron chi connectivity index (χ1n) is 6.93. The largest absolute Gasteiger partial charge is 0.355 e. The van der Waals surface area contributed by atoms with Gasteiger partial charge in [-0.05, 0) is 32.6 Å². The van der Waals surface area contributed by atoms with Crippen molar-refractivity contribution in [2.75, 3.05) is 11.9 Å². The topological polar surface area (TPSA) is 42.7 Å². The molecule has 0 saturated heterocycles. The Balaban J connectivity index is 2.14. The van der Waals surface area contributed by atoms with Crippen molar-refractivity contribution in [3.63, 3.8) is 0 Å². The second kappa shape index (κ2) is 5.52. The zero-order valence-electron chi connectivity index (χ0n) is 11.2. The van der Waals surface area contributed by atoms with Crippen LogP contribution < -0.4 is 5.32 Å². The van der Waals surface area contributed by atoms with Crippen molar-refractivity contribution in [1.82, 2.24) is 14.8 Å². The first-order valence-corrected chi connectivity index (χ1v) is 6.93. The van der Waals surface area contributed by atoms with Crippen molar-refractivity contribution in [3.8, 4) is 0 Å². The smallest absolute Gasteiger partial charge is 0.224 e. The van der Waals surface area contributed by atoms with Crippen molar-refractivity contribution < 1.29 is 0 Å². The Morgan fingerprint density at radius 1 is 1.18 bits per heavy atom. The quantitative estimate of drug-likeness (QED) is 0.873. The van der Waals surface area contributed by atoms with Crippen LogP contribution in [0.4, 0.5) is 5.95 Å². The predicted octanol–water partition coefficient (Wildman–Crippen LogP) is 3.02. The lowest BCUT2D eigenvalue weighted by Crippen LogP contribution is -2.16. The highest BCUT2D eigenvalue weighted by atomic mass is 15.3. The van der Waals surface area contributed by atoms with E-state index in [0.29, 0.717) is 5.92 Å². The molecule has 4 nitrogen and oxygen atoms in total. The molecule has 1 aromatic heterocycles. The van der Waals surface area contributed by atoms with Crippen LogP contribution in [-0.2, 0) is 6.54 Å². The summed E-state index contributed by atoms with van der Waals surface area (Å²) in [7, 11) is 0. The van der Waals surface area contributed by atoms with Gasteiger partial charge in [0.05, 0.1) is 0 Å². The van der Waals surface area contributed by atoms with Crippen molar-refractivity contribution in [1.29, 1.82) is 0 Å². The highest BCUT2D eigenvalue weighted by molar-refractivity contribution is 5.26. The van der Waals surface area contributed by atoms with E-state index >= 15 is 0 Å². The van der Waals surface area contributed by atoms with Crippen LogP contribution in [0.25, 0.3) is 0 Å². The molecule has 0 bridgehead atoms. The molecule has 1 N–H and O–H groups in total. The molecule has 1 aliphatic rings. The van der Waals surface area contributed by atoms with Gasteiger partial charge in [0.2, 0.25) is 5.95 Å². The Bertz CT molecular complexity index is 350. The lowest BCUT2D eigenvalue weighted by Gasteiger charge is -2.25. The number of nitrogens with zero attached hydrogens (tertiary/aromatic N) is 3. The number of aromatic nitrogens is 3. The fourth-order valence-corrected chi connectivity index (χ4v) is 2.74. The fraction of sp³-hybridized carbons (Fsp3) is 0.846. The normalized spacial score (nSPS) is 24.9. The van der Waals surface area contributed by atoms with E-state index in [1.165, 1.54) is 31.5 Å². The Kier molecular flexibility index (Phi) is 4.02. The van der Waals surface area contributed by atoms with Crippen LogP contribution in [0.15, 0.2) is 0 Å². The van der Waals surface area contributed by atoms with Gasteiger partial charge in [0.1, 0.15) is 5.82 Å². The van der Waals surface area contributed by atoms with Gasteiger partial charge in [-0.25, -0.2) is 0 Å². The molecule has 96 valence electrons. The summed E-state index contributed by atoms with van der Waals surface area (Å²) in [6.45, 7) is 8.47. The molecule has 0 aliphatic heterocycles. The van der Waals surface area contributed by atoms with Crippen LogP contribution in [-0.4, -0.2) is 21.3 Å². The Morgan fingerprint density at radius 3 is 2.47 bits per heavy atom. The van der Waals surface area contributed by atoms with Crippen LogP contribution in [0, 0.1) is 5.92 Å². The SMILES string of the molecule is CCNc1nnc(C2CCC(C)CC2)n1CC. The van der Waals surface area contributed by atoms with E-state index in [4.69, 9.17) is 0 Å². The summed E-state index contributed by atoms with van der Waals surface area (Å²) in [5.41, 5.74) is 0. The molecular weight excluding hydrogens is 212 g/mol. The summed E-state index contributed by atoms with van der Waals surface area (Å²) in [6.07, 6.45) is 5.20. The average Bonchev–Trinajstić information content (AvgIpc) is 2.73. The van der Waals surface area contributed by atoms with E-state index in [1.54, 1.807) is 0 Å². The summed E-state index contributed by atoms with van der Waals surface area (Å²) in [5, 5.41) is 12.0. The number of nitrogens with one attached hydrogen (secondary N) is 1. The van der Waals surface area contributed by atoms with Gasteiger partial charge in [-0.3, -0.25) is 4.57 Å². The van der Waals surface area contributed by atoms with Crippen molar-refractivity contribution >= 4 is 5.95 Å². The molecule has 17 heavy (non-hydrogen) atoms. The van der Waals surface area contributed by atoms with E-state index in [2.05, 4.69) is 40.9 Å². The van der Waals surface area contributed by atoms with Gasteiger partial charge in [0.15, 0.2) is 0 Å². The van der Waals surface area contributed by atoms with Gasteiger partial charge >= 0.3 is 0 Å². The third-order valence-electron chi connectivity index (χ3n) is 3.81. The average molecular weight is 236 g/mol. The van der Waals surface area contributed by atoms with Gasteiger partial charge in [-0.2, -0.15) is 0 Å². The lowest BCUT2D eigenvalue weighted by molar-refractivity contribution is 0.334. The van der Waals surface area contributed by atoms with Crippen molar-refractivity contribution in [2.24, 2.45) is 5.92 Å². The minimum atomic E-state index is 0.617. The molecule has 1 heterocycles. The van der Waals surface area contributed by atoms with E-state index in [1.807, 2.05) is 0 Å². The third kappa shape index (κ3) is 2.61. The second-order valence-corrected chi connectivity index (χ2v) is 5.11. The third-order valence-corrected chi connectivity index (χ3v) is 3.81. The Hall–Kier alpha value is -1.06. The fourth-order valence-electron chi connectivity index (χ4n) is 2.74. The molecule has 0 aromatic carbocycles.